The van der Waals surface area contributed by atoms with Gasteiger partial charge >= 0.3 is 0 Å². The second-order valence-electron chi connectivity index (χ2n) is 4.44. The molecule has 2 aromatic carbocycles. The van der Waals surface area contributed by atoms with E-state index < -0.39 is 11.8 Å². The van der Waals surface area contributed by atoms with Crippen LogP contribution in [0.4, 0.5) is 10.1 Å². The van der Waals surface area contributed by atoms with Gasteiger partial charge in [-0.15, -0.1) is 0 Å². The Kier molecular flexibility index (Phi) is 5.37. The van der Waals surface area contributed by atoms with Crippen LogP contribution in [-0.4, -0.2) is 18.0 Å². The highest BCUT2D eigenvalue weighted by atomic mass is 19.1. The van der Waals surface area contributed by atoms with Gasteiger partial charge in [0.25, 0.3) is 0 Å². The Balaban J connectivity index is 1.78. The summed E-state index contributed by atoms with van der Waals surface area (Å²) in [5, 5.41) is 6.30. The van der Waals surface area contributed by atoms with Gasteiger partial charge in [-0.05, 0) is 29.8 Å². The maximum atomic E-state index is 12.7. The summed E-state index contributed by atoms with van der Waals surface area (Å²) in [6.45, 7) is 0. The third-order valence-corrected chi connectivity index (χ3v) is 2.65. The Morgan fingerprint density at radius 3 is 2.36 bits per heavy atom. The van der Waals surface area contributed by atoms with E-state index in [1.54, 1.807) is 24.3 Å². The van der Waals surface area contributed by atoms with Gasteiger partial charge in [-0.2, -0.15) is 5.10 Å². The SMILES string of the molecule is O=C(CC(=O)Nc1ccccc1)NN=Cc1ccc(F)cc1. The fraction of sp³-hybridized carbons (Fsp3) is 0.0625. The van der Waals surface area contributed by atoms with Crippen LogP contribution in [0, 0.1) is 5.82 Å². The summed E-state index contributed by atoms with van der Waals surface area (Å²) >= 11 is 0. The van der Waals surface area contributed by atoms with Crippen molar-refractivity contribution in [2.45, 2.75) is 6.42 Å². The monoisotopic (exact) mass is 299 g/mol. The van der Waals surface area contributed by atoms with Crippen molar-refractivity contribution in [1.29, 1.82) is 0 Å². The fourth-order valence-corrected chi connectivity index (χ4v) is 1.64. The number of para-hydroxylation sites is 1. The van der Waals surface area contributed by atoms with E-state index in [9.17, 15) is 14.0 Å². The Bertz CT molecular complexity index is 670. The minimum atomic E-state index is -0.535. The number of nitrogens with zero attached hydrogens (tertiary/aromatic N) is 1. The van der Waals surface area contributed by atoms with Crippen molar-refractivity contribution in [1.82, 2.24) is 5.43 Å². The van der Waals surface area contributed by atoms with Gasteiger partial charge in [-0.25, -0.2) is 9.82 Å². The molecule has 6 heteroatoms. The molecule has 0 heterocycles. The first-order chi connectivity index (χ1) is 10.6. The number of amides is 2. The molecule has 0 unspecified atom stereocenters. The predicted octanol–water partition coefficient (Wildman–Crippen LogP) is 2.30. The van der Waals surface area contributed by atoms with Crippen molar-refractivity contribution in [2.24, 2.45) is 5.10 Å². The summed E-state index contributed by atoms with van der Waals surface area (Å²) in [4.78, 5) is 23.2. The van der Waals surface area contributed by atoms with Crippen molar-refractivity contribution in [3.8, 4) is 0 Å². The van der Waals surface area contributed by atoms with E-state index in [2.05, 4.69) is 15.8 Å². The lowest BCUT2D eigenvalue weighted by Gasteiger charge is -2.03. The number of carbonyl (C=O) groups is 2. The molecule has 0 aliphatic carbocycles. The third kappa shape index (κ3) is 5.16. The summed E-state index contributed by atoms with van der Waals surface area (Å²) in [6, 6.07) is 14.5. The van der Waals surface area contributed by atoms with Crippen molar-refractivity contribution < 1.29 is 14.0 Å². The van der Waals surface area contributed by atoms with Crippen molar-refractivity contribution in [3.05, 3.63) is 66.0 Å². The van der Waals surface area contributed by atoms with E-state index in [0.29, 0.717) is 11.3 Å². The summed E-state index contributed by atoms with van der Waals surface area (Å²) in [7, 11) is 0. The molecule has 0 aliphatic heterocycles. The van der Waals surface area contributed by atoms with Crippen LogP contribution in [0.2, 0.25) is 0 Å². The molecule has 2 rings (SSSR count). The van der Waals surface area contributed by atoms with Gasteiger partial charge in [0.05, 0.1) is 6.21 Å². The number of anilines is 1. The van der Waals surface area contributed by atoms with Crippen LogP contribution >= 0.6 is 0 Å². The Hall–Kier alpha value is -3.02. The van der Waals surface area contributed by atoms with E-state index in [1.165, 1.54) is 30.5 Å². The molecule has 0 bridgehead atoms. The number of carbonyl (C=O) groups excluding carboxylic acids is 2. The summed E-state index contributed by atoms with van der Waals surface area (Å²) in [5.74, 6) is -1.31. The number of hydrogen-bond donors (Lipinski definition) is 2. The second kappa shape index (κ2) is 7.68. The van der Waals surface area contributed by atoms with Crippen molar-refractivity contribution in [2.75, 3.05) is 5.32 Å². The topological polar surface area (TPSA) is 70.6 Å². The summed E-state index contributed by atoms with van der Waals surface area (Å²) < 4.78 is 12.7. The van der Waals surface area contributed by atoms with Crippen LogP contribution in [0.1, 0.15) is 12.0 Å². The molecule has 112 valence electrons. The first kappa shape index (κ1) is 15.4. The quantitative estimate of drug-likeness (QED) is 0.505. The van der Waals surface area contributed by atoms with E-state index >= 15 is 0 Å². The average Bonchev–Trinajstić information content (AvgIpc) is 2.50. The molecule has 0 saturated heterocycles. The van der Waals surface area contributed by atoms with Crippen molar-refractivity contribution >= 4 is 23.7 Å². The molecule has 0 aromatic heterocycles. The van der Waals surface area contributed by atoms with Gasteiger partial charge in [-0.1, -0.05) is 30.3 Å². The van der Waals surface area contributed by atoms with Gasteiger partial charge in [-0.3, -0.25) is 9.59 Å². The Morgan fingerprint density at radius 1 is 1.00 bits per heavy atom. The molecule has 2 N–H and O–H groups in total. The number of nitrogens with one attached hydrogen (secondary N) is 2. The lowest BCUT2D eigenvalue weighted by Crippen LogP contribution is -2.24. The van der Waals surface area contributed by atoms with Crippen LogP contribution in [0.15, 0.2) is 59.7 Å². The first-order valence-corrected chi connectivity index (χ1v) is 6.56. The molecule has 0 radical (unpaired) electrons. The molecule has 2 amide bonds. The number of halogens is 1. The molecule has 22 heavy (non-hydrogen) atoms. The van der Waals surface area contributed by atoms with Crippen LogP contribution in [0.3, 0.4) is 0 Å². The zero-order chi connectivity index (χ0) is 15.8. The molecule has 0 atom stereocenters. The molecule has 0 spiro atoms. The highest BCUT2D eigenvalue weighted by Crippen LogP contribution is 2.05. The highest BCUT2D eigenvalue weighted by molar-refractivity contribution is 6.03. The zero-order valence-corrected chi connectivity index (χ0v) is 11.6. The van der Waals surface area contributed by atoms with Gasteiger partial charge in [0, 0.05) is 5.69 Å². The van der Waals surface area contributed by atoms with E-state index in [-0.39, 0.29) is 12.2 Å². The summed E-state index contributed by atoms with van der Waals surface area (Å²) in [6.07, 6.45) is 1.03. The molecular formula is C16H14FN3O2. The normalized spacial score (nSPS) is 10.4. The Morgan fingerprint density at radius 2 is 1.68 bits per heavy atom. The number of benzene rings is 2. The molecule has 0 saturated carbocycles. The minimum Gasteiger partial charge on any atom is -0.326 e. The van der Waals surface area contributed by atoms with Crippen LogP contribution in [0.25, 0.3) is 0 Å². The Labute approximate surface area is 126 Å². The molecule has 0 aliphatic rings. The van der Waals surface area contributed by atoms with Crippen LogP contribution in [0.5, 0.6) is 0 Å². The average molecular weight is 299 g/mol. The number of hydrogen-bond acceptors (Lipinski definition) is 3. The van der Waals surface area contributed by atoms with Gasteiger partial charge in [0.15, 0.2) is 0 Å². The maximum Gasteiger partial charge on any atom is 0.249 e. The molecule has 5 nitrogen and oxygen atoms in total. The van der Waals surface area contributed by atoms with Crippen LogP contribution in [-0.2, 0) is 9.59 Å². The molecule has 2 aromatic rings. The lowest BCUT2D eigenvalue weighted by molar-refractivity contribution is -0.126. The molecule has 0 fully saturated rings. The highest BCUT2D eigenvalue weighted by Gasteiger charge is 2.08. The standard InChI is InChI=1S/C16H14FN3O2/c17-13-8-6-12(7-9-13)11-18-20-16(22)10-15(21)19-14-4-2-1-3-5-14/h1-9,11H,10H2,(H,19,21)(H,20,22). The maximum absolute atomic E-state index is 12.7. The number of rotatable bonds is 5. The van der Waals surface area contributed by atoms with Gasteiger partial charge < -0.3 is 5.32 Å². The fourth-order valence-electron chi connectivity index (χ4n) is 1.64. The van der Waals surface area contributed by atoms with Crippen LogP contribution < -0.4 is 10.7 Å². The molecular weight excluding hydrogens is 285 g/mol. The van der Waals surface area contributed by atoms with E-state index in [4.69, 9.17) is 0 Å². The minimum absolute atomic E-state index is 0.338. The predicted molar refractivity (Wildman–Crippen MR) is 81.8 cm³/mol. The summed E-state index contributed by atoms with van der Waals surface area (Å²) in [5.41, 5.74) is 3.49. The van der Waals surface area contributed by atoms with E-state index in [0.717, 1.165) is 0 Å². The van der Waals surface area contributed by atoms with E-state index in [1.807, 2.05) is 6.07 Å². The zero-order valence-electron chi connectivity index (χ0n) is 11.6. The van der Waals surface area contributed by atoms with Gasteiger partial charge in [0.1, 0.15) is 12.2 Å². The second-order valence-corrected chi connectivity index (χ2v) is 4.44. The smallest absolute Gasteiger partial charge is 0.249 e. The third-order valence-electron chi connectivity index (χ3n) is 2.65. The van der Waals surface area contributed by atoms with Crippen molar-refractivity contribution in [3.63, 3.8) is 0 Å². The first-order valence-electron chi connectivity index (χ1n) is 6.56. The van der Waals surface area contributed by atoms with Gasteiger partial charge in [0.2, 0.25) is 11.8 Å². The lowest BCUT2D eigenvalue weighted by atomic mass is 10.2. The largest absolute Gasteiger partial charge is 0.326 e. The number of hydrazone groups is 1.